The van der Waals surface area contributed by atoms with Crippen LogP contribution in [-0.2, 0) is 5.41 Å². The van der Waals surface area contributed by atoms with Gasteiger partial charge in [0.1, 0.15) is 22.9 Å². The molecule has 0 spiro atoms. The number of nitrogens with one attached hydrogen (secondary N) is 1. The lowest BCUT2D eigenvalue weighted by Gasteiger charge is -2.22. The van der Waals surface area contributed by atoms with Gasteiger partial charge in [0, 0.05) is 12.6 Å². The first-order valence-corrected chi connectivity index (χ1v) is 11.9. The molecule has 1 aromatic heterocycles. The van der Waals surface area contributed by atoms with Crippen LogP contribution >= 0.6 is 0 Å². The highest BCUT2D eigenvalue weighted by Gasteiger charge is 2.22. The van der Waals surface area contributed by atoms with Gasteiger partial charge in [-0.25, -0.2) is 4.68 Å². The number of carbonyl (C=O) groups excluding carboxylic acids is 1. The third kappa shape index (κ3) is 6.34. The average molecular weight is 496 g/mol. The first-order chi connectivity index (χ1) is 17.0. The lowest BCUT2D eigenvalue weighted by Crippen LogP contribution is -2.18. The summed E-state index contributed by atoms with van der Waals surface area (Å²) in [4.78, 5) is 15.5. The van der Waals surface area contributed by atoms with E-state index in [2.05, 4.69) is 41.3 Å². The van der Waals surface area contributed by atoms with Crippen molar-refractivity contribution in [1.29, 1.82) is 0 Å². The van der Waals surface area contributed by atoms with Crippen molar-refractivity contribution in [2.24, 2.45) is 0 Å². The number of benzene rings is 2. The van der Waals surface area contributed by atoms with Gasteiger partial charge >= 0.3 is 0 Å². The van der Waals surface area contributed by atoms with Gasteiger partial charge < -0.3 is 24.4 Å². The van der Waals surface area contributed by atoms with Crippen LogP contribution in [0.15, 0.2) is 36.4 Å². The second-order valence-electron chi connectivity index (χ2n) is 9.89. The Labute approximate surface area is 213 Å². The number of hydrogen-bond donors (Lipinski definition) is 1. The first-order valence-electron chi connectivity index (χ1n) is 11.9. The van der Waals surface area contributed by atoms with Crippen LogP contribution in [0.1, 0.15) is 48.9 Å². The SMILES string of the molecule is COc1ccc(OC)c(-n2nnc(C(=O)Nc3cc(C(C)(C)C)ccc3OCCCN(C)C)c2C)c1. The van der Waals surface area contributed by atoms with Crippen molar-refractivity contribution < 1.29 is 19.0 Å². The number of methoxy groups -OCH3 is 2. The highest BCUT2D eigenvalue weighted by Crippen LogP contribution is 2.33. The molecule has 1 amide bonds. The molecule has 0 unspecified atom stereocenters. The van der Waals surface area contributed by atoms with Gasteiger partial charge in [0.15, 0.2) is 5.69 Å². The second kappa shape index (κ2) is 11.4. The van der Waals surface area contributed by atoms with Gasteiger partial charge in [0.2, 0.25) is 0 Å². The van der Waals surface area contributed by atoms with E-state index in [9.17, 15) is 4.79 Å². The number of ether oxygens (including phenoxy) is 3. The Morgan fingerprint density at radius 1 is 1.06 bits per heavy atom. The minimum absolute atomic E-state index is 0.0924. The summed E-state index contributed by atoms with van der Waals surface area (Å²) in [5.74, 6) is 1.48. The molecule has 0 radical (unpaired) electrons. The van der Waals surface area contributed by atoms with Crippen LogP contribution in [0.2, 0.25) is 0 Å². The van der Waals surface area contributed by atoms with Gasteiger partial charge in [-0.3, -0.25) is 4.79 Å². The number of hydrogen-bond acceptors (Lipinski definition) is 7. The van der Waals surface area contributed by atoms with Crippen molar-refractivity contribution in [1.82, 2.24) is 19.9 Å². The van der Waals surface area contributed by atoms with Crippen LogP contribution < -0.4 is 19.5 Å². The molecular formula is C27H37N5O4. The number of nitrogens with zero attached hydrogens (tertiary/aromatic N) is 4. The highest BCUT2D eigenvalue weighted by molar-refractivity contribution is 6.04. The monoisotopic (exact) mass is 495 g/mol. The molecule has 36 heavy (non-hydrogen) atoms. The van der Waals surface area contributed by atoms with Crippen molar-refractivity contribution in [2.45, 2.75) is 39.5 Å². The molecule has 0 saturated carbocycles. The lowest BCUT2D eigenvalue weighted by molar-refractivity contribution is 0.102. The van der Waals surface area contributed by atoms with E-state index in [1.165, 1.54) is 0 Å². The van der Waals surface area contributed by atoms with E-state index in [1.807, 2.05) is 32.3 Å². The quantitative estimate of drug-likeness (QED) is 0.415. The molecule has 0 bridgehead atoms. The van der Waals surface area contributed by atoms with Gasteiger partial charge in [0.05, 0.1) is 32.2 Å². The summed E-state index contributed by atoms with van der Waals surface area (Å²) in [7, 11) is 7.22. The van der Waals surface area contributed by atoms with Gasteiger partial charge in [0.25, 0.3) is 5.91 Å². The third-order valence-corrected chi connectivity index (χ3v) is 5.82. The van der Waals surface area contributed by atoms with Crippen molar-refractivity contribution in [2.75, 3.05) is 46.8 Å². The Bertz CT molecular complexity index is 1200. The van der Waals surface area contributed by atoms with E-state index in [0.717, 1.165) is 18.5 Å². The Morgan fingerprint density at radius 2 is 1.78 bits per heavy atom. The predicted molar refractivity (Wildman–Crippen MR) is 141 cm³/mol. The average Bonchev–Trinajstić information content (AvgIpc) is 3.22. The van der Waals surface area contributed by atoms with E-state index in [0.29, 0.717) is 40.9 Å². The second-order valence-corrected chi connectivity index (χ2v) is 9.89. The van der Waals surface area contributed by atoms with Crippen LogP contribution in [-0.4, -0.2) is 67.3 Å². The van der Waals surface area contributed by atoms with Crippen molar-refractivity contribution in [3.63, 3.8) is 0 Å². The summed E-state index contributed by atoms with van der Waals surface area (Å²) >= 11 is 0. The molecule has 1 heterocycles. The van der Waals surface area contributed by atoms with E-state index in [-0.39, 0.29) is 17.0 Å². The maximum absolute atomic E-state index is 13.3. The molecule has 0 saturated heterocycles. The van der Waals surface area contributed by atoms with Crippen molar-refractivity contribution in [3.8, 4) is 22.9 Å². The van der Waals surface area contributed by atoms with E-state index in [4.69, 9.17) is 14.2 Å². The Kier molecular flexibility index (Phi) is 8.57. The molecule has 9 heteroatoms. The van der Waals surface area contributed by atoms with E-state index < -0.39 is 0 Å². The topological polar surface area (TPSA) is 90.7 Å². The summed E-state index contributed by atoms with van der Waals surface area (Å²) in [6.45, 7) is 9.63. The zero-order chi connectivity index (χ0) is 26.5. The smallest absolute Gasteiger partial charge is 0.278 e. The lowest BCUT2D eigenvalue weighted by atomic mass is 9.87. The molecule has 2 aromatic carbocycles. The molecule has 1 N–H and O–H groups in total. The van der Waals surface area contributed by atoms with Crippen LogP contribution in [0.3, 0.4) is 0 Å². The molecule has 0 atom stereocenters. The summed E-state index contributed by atoms with van der Waals surface area (Å²) in [5, 5.41) is 11.4. The van der Waals surface area contributed by atoms with Crippen molar-refractivity contribution >= 4 is 11.6 Å². The Hall–Kier alpha value is -3.59. The van der Waals surface area contributed by atoms with Crippen molar-refractivity contribution in [3.05, 3.63) is 53.3 Å². The molecule has 3 aromatic rings. The van der Waals surface area contributed by atoms with Gasteiger partial charge in [-0.1, -0.05) is 32.1 Å². The van der Waals surface area contributed by atoms with Crippen LogP contribution in [0.4, 0.5) is 5.69 Å². The number of aromatic nitrogens is 3. The molecule has 9 nitrogen and oxygen atoms in total. The predicted octanol–water partition coefficient (Wildman–Crippen LogP) is 4.47. The van der Waals surface area contributed by atoms with Crippen LogP contribution in [0, 0.1) is 6.92 Å². The summed E-state index contributed by atoms with van der Waals surface area (Å²) in [6.07, 6.45) is 0.872. The molecule has 3 rings (SSSR count). The van der Waals surface area contributed by atoms with Crippen LogP contribution in [0.5, 0.6) is 17.2 Å². The number of anilines is 1. The molecule has 194 valence electrons. The summed E-state index contributed by atoms with van der Waals surface area (Å²) in [6, 6.07) is 11.3. The Morgan fingerprint density at radius 3 is 2.42 bits per heavy atom. The minimum Gasteiger partial charge on any atom is -0.497 e. The normalized spacial score (nSPS) is 11.5. The first kappa shape index (κ1) is 27.0. The zero-order valence-electron chi connectivity index (χ0n) is 22.5. The maximum atomic E-state index is 13.3. The molecular weight excluding hydrogens is 458 g/mol. The molecule has 0 aliphatic carbocycles. The van der Waals surface area contributed by atoms with E-state index >= 15 is 0 Å². The van der Waals surface area contributed by atoms with Gasteiger partial charge in [-0.15, -0.1) is 5.10 Å². The fourth-order valence-corrected chi connectivity index (χ4v) is 3.69. The Balaban J connectivity index is 1.90. The van der Waals surface area contributed by atoms with E-state index in [1.54, 1.807) is 44.0 Å². The molecule has 0 fully saturated rings. The fraction of sp³-hybridized carbons (Fsp3) is 0.444. The number of amides is 1. The van der Waals surface area contributed by atoms with Crippen LogP contribution in [0.25, 0.3) is 5.69 Å². The molecule has 0 aliphatic heterocycles. The maximum Gasteiger partial charge on any atom is 0.278 e. The third-order valence-electron chi connectivity index (χ3n) is 5.82. The standard InChI is InChI=1S/C27H37N5O4/c1-18-25(29-30-32(18)22-17-20(34-7)11-13-24(22)35-8)26(33)28-21-16-19(27(2,3)4)10-12-23(21)36-15-9-14-31(5)6/h10-13,16-17H,9,14-15H2,1-8H3,(H,28,33). The number of rotatable bonds is 10. The van der Waals surface area contributed by atoms with Gasteiger partial charge in [-0.05, 0) is 62.7 Å². The largest absolute Gasteiger partial charge is 0.497 e. The number of carbonyl (C=O) groups is 1. The summed E-state index contributed by atoms with van der Waals surface area (Å²) in [5.41, 5.74) is 3.00. The molecule has 0 aliphatic rings. The van der Waals surface area contributed by atoms with Gasteiger partial charge in [-0.2, -0.15) is 0 Å². The fourth-order valence-electron chi connectivity index (χ4n) is 3.69. The summed E-state index contributed by atoms with van der Waals surface area (Å²) < 4.78 is 18.4. The highest BCUT2D eigenvalue weighted by atomic mass is 16.5. The zero-order valence-corrected chi connectivity index (χ0v) is 22.5. The minimum atomic E-state index is -0.371.